The number of methoxy groups -OCH3 is 1. The molecule has 1 saturated heterocycles. The lowest BCUT2D eigenvalue weighted by molar-refractivity contribution is -0.117. The molecule has 0 aliphatic carbocycles. The Morgan fingerprint density at radius 1 is 0.970 bits per heavy atom. The Labute approximate surface area is 189 Å². The fourth-order valence-electron chi connectivity index (χ4n) is 3.57. The molecule has 0 radical (unpaired) electrons. The van der Waals surface area contributed by atoms with Gasteiger partial charge in [-0.25, -0.2) is 5.01 Å². The third-order valence-electron chi connectivity index (χ3n) is 5.24. The number of carbonyl (C=O) groups is 2. The zero-order valence-electron chi connectivity index (χ0n) is 17.7. The standard InChI is InChI=1S/C25H20N2O6/c1-30-22-12-16(11-19-24(28)26-27(25(19)29)18-5-3-2-4-6-18)7-9-20(22)31-14-17-8-10-21-23(13-17)33-15-32-21/h2-13H,14-15H2,1H3,(H,26,28). The largest absolute Gasteiger partial charge is 0.493 e. The average Bonchev–Trinajstić information content (AvgIpc) is 3.43. The van der Waals surface area contributed by atoms with E-state index in [0.29, 0.717) is 40.9 Å². The number of amides is 2. The summed E-state index contributed by atoms with van der Waals surface area (Å²) in [5.74, 6) is 1.53. The van der Waals surface area contributed by atoms with Crippen LogP contribution in [-0.2, 0) is 16.2 Å². The van der Waals surface area contributed by atoms with E-state index in [-0.39, 0.29) is 12.4 Å². The Balaban J connectivity index is 1.33. The molecule has 2 amide bonds. The van der Waals surface area contributed by atoms with Crippen LogP contribution >= 0.6 is 0 Å². The summed E-state index contributed by atoms with van der Waals surface area (Å²) in [5.41, 5.74) is 4.77. The number of rotatable bonds is 6. The minimum absolute atomic E-state index is 0.0370. The molecule has 166 valence electrons. The highest BCUT2D eigenvalue weighted by atomic mass is 16.7. The molecule has 3 aromatic carbocycles. The third kappa shape index (κ3) is 4.06. The second-order valence-electron chi connectivity index (χ2n) is 7.36. The van der Waals surface area contributed by atoms with Crippen LogP contribution in [-0.4, -0.2) is 25.7 Å². The lowest BCUT2D eigenvalue weighted by Gasteiger charge is -2.14. The van der Waals surface area contributed by atoms with Crippen molar-refractivity contribution in [3.63, 3.8) is 0 Å². The molecule has 0 atom stereocenters. The van der Waals surface area contributed by atoms with Gasteiger partial charge in [-0.1, -0.05) is 30.3 Å². The molecule has 8 nitrogen and oxygen atoms in total. The predicted molar refractivity (Wildman–Crippen MR) is 120 cm³/mol. The number of ether oxygens (including phenoxy) is 4. The number of hydrogen-bond donors (Lipinski definition) is 1. The Morgan fingerprint density at radius 3 is 2.61 bits per heavy atom. The summed E-state index contributed by atoms with van der Waals surface area (Å²) in [6.07, 6.45) is 1.53. The Bertz CT molecular complexity index is 1260. The first-order chi connectivity index (χ1) is 16.1. The average molecular weight is 444 g/mol. The summed E-state index contributed by atoms with van der Waals surface area (Å²) in [6, 6.07) is 19.8. The lowest BCUT2D eigenvalue weighted by atomic mass is 10.1. The number of hydrazine groups is 1. The number of hydrogen-bond acceptors (Lipinski definition) is 6. The summed E-state index contributed by atoms with van der Waals surface area (Å²) in [7, 11) is 1.53. The van der Waals surface area contributed by atoms with Crippen LogP contribution in [0.4, 0.5) is 5.69 Å². The second kappa shape index (κ2) is 8.58. The van der Waals surface area contributed by atoms with E-state index in [1.54, 1.807) is 42.5 Å². The summed E-state index contributed by atoms with van der Waals surface area (Å²) >= 11 is 0. The maximum absolute atomic E-state index is 12.8. The van der Waals surface area contributed by atoms with Crippen molar-refractivity contribution in [3.8, 4) is 23.0 Å². The number of anilines is 1. The molecule has 5 rings (SSSR count). The van der Waals surface area contributed by atoms with Gasteiger partial charge >= 0.3 is 0 Å². The van der Waals surface area contributed by atoms with E-state index in [1.165, 1.54) is 18.2 Å². The first kappa shape index (κ1) is 20.4. The molecule has 33 heavy (non-hydrogen) atoms. The molecule has 1 fully saturated rings. The van der Waals surface area contributed by atoms with Crippen LogP contribution in [0.1, 0.15) is 11.1 Å². The van der Waals surface area contributed by atoms with Gasteiger partial charge in [0.1, 0.15) is 12.2 Å². The minimum atomic E-state index is -0.467. The summed E-state index contributed by atoms with van der Waals surface area (Å²) in [4.78, 5) is 25.2. The van der Waals surface area contributed by atoms with Crippen molar-refractivity contribution in [2.24, 2.45) is 0 Å². The summed E-state index contributed by atoms with van der Waals surface area (Å²) in [5, 5.41) is 1.23. The SMILES string of the molecule is COc1cc(C=C2C(=O)NN(c3ccccc3)C2=O)ccc1OCc1ccc2c(c1)OCO2. The van der Waals surface area contributed by atoms with E-state index >= 15 is 0 Å². The maximum atomic E-state index is 12.8. The van der Waals surface area contributed by atoms with E-state index in [4.69, 9.17) is 18.9 Å². The fraction of sp³-hybridized carbons (Fsp3) is 0.120. The van der Waals surface area contributed by atoms with Crippen molar-refractivity contribution < 1.29 is 28.5 Å². The van der Waals surface area contributed by atoms with E-state index in [1.807, 2.05) is 24.3 Å². The van der Waals surface area contributed by atoms with Gasteiger partial charge in [-0.2, -0.15) is 0 Å². The van der Waals surface area contributed by atoms with Gasteiger partial charge in [0.15, 0.2) is 23.0 Å². The van der Waals surface area contributed by atoms with Crippen LogP contribution in [0.25, 0.3) is 6.08 Å². The van der Waals surface area contributed by atoms with Gasteiger partial charge in [0.05, 0.1) is 12.8 Å². The fourth-order valence-corrected chi connectivity index (χ4v) is 3.57. The molecule has 2 heterocycles. The van der Waals surface area contributed by atoms with Crippen LogP contribution in [0.15, 0.2) is 72.3 Å². The molecular weight excluding hydrogens is 424 g/mol. The predicted octanol–water partition coefficient (Wildman–Crippen LogP) is 3.46. The molecule has 0 saturated carbocycles. The van der Waals surface area contributed by atoms with Crippen LogP contribution in [0.3, 0.4) is 0 Å². The molecule has 0 unspecified atom stereocenters. The molecule has 3 aromatic rings. The highest BCUT2D eigenvalue weighted by Crippen LogP contribution is 2.34. The van der Waals surface area contributed by atoms with Crippen molar-refractivity contribution in [2.45, 2.75) is 6.61 Å². The zero-order chi connectivity index (χ0) is 22.8. The number of para-hydroxylation sites is 1. The monoisotopic (exact) mass is 444 g/mol. The van der Waals surface area contributed by atoms with Crippen molar-refractivity contribution in [1.29, 1.82) is 0 Å². The normalized spacial score (nSPS) is 15.7. The van der Waals surface area contributed by atoms with E-state index in [2.05, 4.69) is 5.43 Å². The number of nitrogens with one attached hydrogen (secondary N) is 1. The second-order valence-corrected chi connectivity index (χ2v) is 7.36. The smallest absolute Gasteiger partial charge is 0.282 e. The number of carbonyl (C=O) groups excluding carboxylic acids is 2. The first-order valence-electron chi connectivity index (χ1n) is 10.2. The van der Waals surface area contributed by atoms with Gasteiger partial charge in [-0.15, -0.1) is 0 Å². The van der Waals surface area contributed by atoms with Gasteiger partial charge in [-0.05, 0) is 53.6 Å². The van der Waals surface area contributed by atoms with Crippen LogP contribution in [0, 0.1) is 0 Å². The molecule has 1 N–H and O–H groups in total. The number of fused-ring (bicyclic) bond motifs is 1. The van der Waals surface area contributed by atoms with Gasteiger partial charge < -0.3 is 18.9 Å². The molecule has 0 spiro atoms. The van der Waals surface area contributed by atoms with Crippen LogP contribution in [0.5, 0.6) is 23.0 Å². The highest BCUT2D eigenvalue weighted by Gasteiger charge is 2.34. The summed E-state index contributed by atoms with van der Waals surface area (Å²) < 4.78 is 22.1. The molecular formula is C25H20N2O6. The zero-order valence-corrected chi connectivity index (χ0v) is 17.7. The van der Waals surface area contributed by atoms with Gasteiger partial charge in [0.2, 0.25) is 6.79 Å². The van der Waals surface area contributed by atoms with Crippen LogP contribution < -0.4 is 29.4 Å². The first-order valence-corrected chi connectivity index (χ1v) is 10.2. The number of benzene rings is 3. The summed E-state index contributed by atoms with van der Waals surface area (Å²) in [6.45, 7) is 0.522. The van der Waals surface area contributed by atoms with Crippen molar-refractivity contribution in [2.75, 3.05) is 18.9 Å². The van der Waals surface area contributed by atoms with Crippen LogP contribution in [0.2, 0.25) is 0 Å². The molecule has 2 aliphatic rings. The van der Waals surface area contributed by atoms with Gasteiger partial charge in [0, 0.05) is 0 Å². The number of nitrogens with zero attached hydrogens (tertiary/aromatic N) is 1. The molecule has 0 bridgehead atoms. The van der Waals surface area contributed by atoms with E-state index < -0.39 is 11.8 Å². The molecule has 2 aliphatic heterocycles. The lowest BCUT2D eigenvalue weighted by Crippen LogP contribution is -2.35. The Kier molecular flexibility index (Phi) is 5.32. The van der Waals surface area contributed by atoms with Crippen molar-refractivity contribution in [3.05, 3.63) is 83.4 Å². The Hall–Kier alpha value is -4.46. The molecule has 8 heteroatoms. The Morgan fingerprint density at radius 2 is 1.79 bits per heavy atom. The topological polar surface area (TPSA) is 86.3 Å². The van der Waals surface area contributed by atoms with E-state index in [0.717, 1.165) is 5.56 Å². The van der Waals surface area contributed by atoms with Crippen molar-refractivity contribution in [1.82, 2.24) is 5.43 Å². The maximum Gasteiger partial charge on any atom is 0.282 e. The van der Waals surface area contributed by atoms with Gasteiger partial charge in [-0.3, -0.25) is 15.0 Å². The van der Waals surface area contributed by atoms with Gasteiger partial charge in [0.25, 0.3) is 11.8 Å². The highest BCUT2D eigenvalue weighted by molar-refractivity contribution is 6.31. The van der Waals surface area contributed by atoms with E-state index in [9.17, 15) is 9.59 Å². The quantitative estimate of drug-likeness (QED) is 0.463. The van der Waals surface area contributed by atoms with Crippen molar-refractivity contribution >= 4 is 23.6 Å². The molecule has 0 aromatic heterocycles. The minimum Gasteiger partial charge on any atom is -0.493 e. The third-order valence-corrected chi connectivity index (χ3v) is 5.24.